The van der Waals surface area contributed by atoms with Crippen LogP contribution in [0.1, 0.15) is 19.3 Å². The third kappa shape index (κ3) is 8.23. The van der Waals surface area contributed by atoms with Gasteiger partial charge in [-0.2, -0.15) is 0 Å². The quantitative estimate of drug-likeness (QED) is 0.405. The average Bonchev–Trinajstić information content (AvgIpc) is 2.18. The first-order valence-corrected chi connectivity index (χ1v) is 5.43. The molecule has 2 N–H and O–H groups in total. The maximum absolute atomic E-state index is 8.82. The highest BCUT2D eigenvalue weighted by Gasteiger charge is 2.00. The number of nitrogens with zero attached hydrogens (tertiary/aromatic N) is 1. The fourth-order valence-corrected chi connectivity index (χ4v) is 1.43. The second kappa shape index (κ2) is 10.7. The summed E-state index contributed by atoms with van der Waals surface area (Å²) >= 11 is 0. The van der Waals surface area contributed by atoms with Gasteiger partial charge in [0.25, 0.3) is 0 Å². The van der Waals surface area contributed by atoms with E-state index in [9.17, 15) is 0 Å². The molecule has 0 bridgehead atoms. The smallest absolute Gasteiger partial charge is 0.0558 e. The number of nitrogens with one attached hydrogen (secondary N) is 1. The number of aliphatic hydroxyl groups is 1. The molecular formula is C11H24N2O. The molecule has 0 aromatic heterocycles. The monoisotopic (exact) mass is 200 g/mol. The van der Waals surface area contributed by atoms with Crippen LogP contribution in [0.15, 0.2) is 12.7 Å². The Hall–Kier alpha value is -0.380. The van der Waals surface area contributed by atoms with Gasteiger partial charge >= 0.3 is 0 Å². The van der Waals surface area contributed by atoms with E-state index in [4.69, 9.17) is 5.11 Å². The van der Waals surface area contributed by atoms with Crippen LogP contribution in [-0.4, -0.2) is 49.8 Å². The molecule has 0 unspecified atom stereocenters. The van der Waals surface area contributed by atoms with Gasteiger partial charge in [0.05, 0.1) is 6.61 Å². The molecular weight excluding hydrogens is 176 g/mol. The zero-order valence-electron chi connectivity index (χ0n) is 9.34. The second-order valence-electron chi connectivity index (χ2n) is 3.48. The molecule has 0 aromatic carbocycles. The zero-order chi connectivity index (χ0) is 10.6. The Morgan fingerprint density at radius 2 is 2.07 bits per heavy atom. The number of rotatable bonds is 10. The molecule has 3 heteroatoms. The van der Waals surface area contributed by atoms with E-state index in [1.54, 1.807) is 0 Å². The van der Waals surface area contributed by atoms with Crippen LogP contribution in [0.2, 0.25) is 0 Å². The molecule has 0 saturated carbocycles. The molecule has 0 aliphatic rings. The summed E-state index contributed by atoms with van der Waals surface area (Å²) in [7, 11) is 1.98. The van der Waals surface area contributed by atoms with Gasteiger partial charge in [0, 0.05) is 13.1 Å². The van der Waals surface area contributed by atoms with Crippen molar-refractivity contribution in [3.05, 3.63) is 12.7 Å². The van der Waals surface area contributed by atoms with Crippen LogP contribution in [-0.2, 0) is 0 Å². The van der Waals surface area contributed by atoms with Gasteiger partial charge in [-0.25, -0.2) is 0 Å². The lowest BCUT2D eigenvalue weighted by Crippen LogP contribution is -2.28. The Kier molecular flexibility index (Phi) is 10.4. The zero-order valence-corrected chi connectivity index (χ0v) is 9.34. The van der Waals surface area contributed by atoms with Crippen molar-refractivity contribution in [2.45, 2.75) is 19.3 Å². The molecule has 0 radical (unpaired) electrons. The second-order valence-corrected chi connectivity index (χ2v) is 3.48. The van der Waals surface area contributed by atoms with Crippen LogP contribution in [0.25, 0.3) is 0 Å². The standard InChI is InChI=1S/C11H24N2O/c1-3-8-13(10-11-14)9-6-4-5-7-12-2/h3,12,14H,1,4-11H2,2H3. The summed E-state index contributed by atoms with van der Waals surface area (Å²) < 4.78 is 0. The third-order valence-corrected chi connectivity index (χ3v) is 2.20. The van der Waals surface area contributed by atoms with E-state index < -0.39 is 0 Å². The van der Waals surface area contributed by atoms with Crippen molar-refractivity contribution in [3.8, 4) is 0 Å². The van der Waals surface area contributed by atoms with E-state index in [-0.39, 0.29) is 6.61 Å². The molecule has 0 fully saturated rings. The average molecular weight is 200 g/mol. The summed E-state index contributed by atoms with van der Waals surface area (Å²) in [6.45, 7) is 7.76. The molecule has 0 spiro atoms. The summed E-state index contributed by atoms with van der Waals surface area (Å²) in [6.07, 6.45) is 5.58. The Balaban J connectivity index is 3.35. The van der Waals surface area contributed by atoms with E-state index in [0.29, 0.717) is 0 Å². The van der Waals surface area contributed by atoms with Crippen LogP contribution < -0.4 is 5.32 Å². The van der Waals surface area contributed by atoms with Crippen molar-refractivity contribution < 1.29 is 5.11 Å². The van der Waals surface area contributed by atoms with Gasteiger partial charge in [-0.15, -0.1) is 6.58 Å². The topological polar surface area (TPSA) is 35.5 Å². The maximum atomic E-state index is 8.82. The van der Waals surface area contributed by atoms with Crippen LogP contribution >= 0.6 is 0 Å². The van der Waals surface area contributed by atoms with Crippen molar-refractivity contribution in [2.75, 3.05) is 39.8 Å². The molecule has 0 saturated heterocycles. The fraction of sp³-hybridized carbons (Fsp3) is 0.818. The van der Waals surface area contributed by atoms with Crippen LogP contribution in [0.4, 0.5) is 0 Å². The highest BCUT2D eigenvalue weighted by atomic mass is 16.3. The summed E-state index contributed by atoms with van der Waals surface area (Å²) in [4.78, 5) is 2.23. The SMILES string of the molecule is C=CCN(CCO)CCCCCNC. The normalized spacial score (nSPS) is 10.8. The van der Waals surface area contributed by atoms with E-state index in [0.717, 1.165) is 26.2 Å². The highest BCUT2D eigenvalue weighted by Crippen LogP contribution is 1.98. The Bertz CT molecular complexity index is 128. The molecule has 0 amide bonds. The molecule has 0 atom stereocenters. The lowest BCUT2D eigenvalue weighted by molar-refractivity contribution is 0.206. The molecule has 14 heavy (non-hydrogen) atoms. The fourth-order valence-electron chi connectivity index (χ4n) is 1.43. The Labute approximate surface area is 87.8 Å². The molecule has 84 valence electrons. The summed E-state index contributed by atoms with van der Waals surface area (Å²) in [5.41, 5.74) is 0. The third-order valence-electron chi connectivity index (χ3n) is 2.20. The van der Waals surface area contributed by atoms with Gasteiger partial charge in [0.1, 0.15) is 0 Å². The van der Waals surface area contributed by atoms with E-state index >= 15 is 0 Å². The number of hydrogen-bond donors (Lipinski definition) is 2. The summed E-state index contributed by atoms with van der Waals surface area (Å²) in [6, 6.07) is 0. The van der Waals surface area contributed by atoms with Crippen molar-refractivity contribution in [1.29, 1.82) is 0 Å². The maximum Gasteiger partial charge on any atom is 0.0558 e. The molecule has 0 aliphatic carbocycles. The van der Waals surface area contributed by atoms with Gasteiger partial charge in [-0.05, 0) is 33.0 Å². The molecule has 0 aromatic rings. The van der Waals surface area contributed by atoms with E-state index in [1.165, 1.54) is 19.3 Å². The largest absolute Gasteiger partial charge is 0.395 e. The van der Waals surface area contributed by atoms with Crippen LogP contribution in [0.5, 0.6) is 0 Å². The van der Waals surface area contributed by atoms with Crippen molar-refractivity contribution in [1.82, 2.24) is 10.2 Å². The van der Waals surface area contributed by atoms with Crippen molar-refractivity contribution in [2.24, 2.45) is 0 Å². The van der Waals surface area contributed by atoms with Gasteiger partial charge in [-0.3, -0.25) is 4.90 Å². The van der Waals surface area contributed by atoms with Gasteiger partial charge in [0.2, 0.25) is 0 Å². The lowest BCUT2D eigenvalue weighted by atomic mass is 10.2. The first-order chi connectivity index (χ1) is 6.85. The van der Waals surface area contributed by atoms with Gasteiger partial charge in [-0.1, -0.05) is 12.5 Å². The first-order valence-electron chi connectivity index (χ1n) is 5.43. The van der Waals surface area contributed by atoms with Crippen LogP contribution in [0.3, 0.4) is 0 Å². The Morgan fingerprint density at radius 3 is 2.64 bits per heavy atom. The van der Waals surface area contributed by atoms with Crippen LogP contribution in [0, 0.1) is 0 Å². The Morgan fingerprint density at radius 1 is 1.29 bits per heavy atom. The minimum absolute atomic E-state index is 0.240. The van der Waals surface area contributed by atoms with Crippen molar-refractivity contribution >= 4 is 0 Å². The summed E-state index contributed by atoms with van der Waals surface area (Å²) in [5, 5.41) is 12.0. The molecule has 3 nitrogen and oxygen atoms in total. The highest BCUT2D eigenvalue weighted by molar-refractivity contribution is 4.73. The minimum Gasteiger partial charge on any atom is -0.395 e. The van der Waals surface area contributed by atoms with E-state index in [2.05, 4.69) is 16.8 Å². The number of aliphatic hydroxyl groups excluding tert-OH is 1. The molecule has 0 heterocycles. The predicted molar refractivity (Wildman–Crippen MR) is 61.5 cm³/mol. The predicted octanol–water partition coefficient (Wildman–Crippen LogP) is 0.856. The van der Waals surface area contributed by atoms with Crippen molar-refractivity contribution in [3.63, 3.8) is 0 Å². The number of unbranched alkanes of at least 4 members (excludes halogenated alkanes) is 2. The molecule has 0 aliphatic heterocycles. The minimum atomic E-state index is 0.240. The van der Waals surface area contributed by atoms with E-state index in [1.807, 2.05) is 13.1 Å². The lowest BCUT2D eigenvalue weighted by Gasteiger charge is -2.18. The van der Waals surface area contributed by atoms with Gasteiger partial charge in [0.15, 0.2) is 0 Å². The van der Waals surface area contributed by atoms with Gasteiger partial charge < -0.3 is 10.4 Å². The summed E-state index contributed by atoms with van der Waals surface area (Å²) in [5.74, 6) is 0. The first kappa shape index (κ1) is 13.6. The molecule has 0 rings (SSSR count). The number of hydrogen-bond acceptors (Lipinski definition) is 3.